The quantitative estimate of drug-likeness (QED) is 0.420. The Morgan fingerprint density at radius 2 is 1.96 bits per heavy atom. The fourth-order valence-electron chi connectivity index (χ4n) is 2.34. The van der Waals surface area contributed by atoms with Gasteiger partial charge < -0.3 is 25.0 Å². The van der Waals surface area contributed by atoms with E-state index in [1.54, 1.807) is 7.11 Å². The van der Waals surface area contributed by atoms with Gasteiger partial charge in [0, 0.05) is 24.7 Å². The molecule has 3 aliphatic heterocycles. The minimum Gasteiger partial charge on any atom is -0.477 e. The molecule has 0 radical (unpaired) electrons. The van der Waals surface area contributed by atoms with Crippen LogP contribution in [0.15, 0.2) is 11.3 Å². The first-order valence-electron chi connectivity index (χ1n) is 7.57. The van der Waals surface area contributed by atoms with Gasteiger partial charge in [-0.2, -0.15) is 0 Å². The number of nitrogens with zero attached hydrogens (tertiary/aromatic N) is 1. The first-order chi connectivity index (χ1) is 12.7. The fourth-order valence-corrected chi connectivity index (χ4v) is 5.01. The zero-order valence-electron chi connectivity index (χ0n) is 14.4. The van der Waals surface area contributed by atoms with E-state index < -0.39 is 35.4 Å². The van der Waals surface area contributed by atoms with Crippen molar-refractivity contribution < 1.29 is 38.9 Å². The van der Waals surface area contributed by atoms with Gasteiger partial charge in [0.25, 0.3) is 0 Å². The van der Waals surface area contributed by atoms with Crippen LogP contribution < -0.4 is 5.32 Å². The largest absolute Gasteiger partial charge is 0.477 e. The van der Waals surface area contributed by atoms with Gasteiger partial charge >= 0.3 is 18.0 Å². The molecule has 0 saturated carbocycles. The summed E-state index contributed by atoms with van der Waals surface area (Å²) in [5.41, 5.74) is -0.288. The number of esters is 1. The Kier molecular flexibility index (Phi) is 7.70. The second kappa shape index (κ2) is 9.57. The van der Waals surface area contributed by atoms with Crippen molar-refractivity contribution in [3.8, 4) is 0 Å². The van der Waals surface area contributed by atoms with Gasteiger partial charge in [-0.1, -0.05) is 0 Å². The second-order valence-electron chi connectivity index (χ2n) is 5.32. The Balaban J connectivity index is 0.000000369. The second-order valence-corrected chi connectivity index (χ2v) is 9.37. The highest BCUT2D eigenvalue weighted by Gasteiger charge is 2.49. The number of carbonyl (C=O) groups excluding carboxylic acids is 2. The highest BCUT2D eigenvalue weighted by atomic mass is 32.3. The van der Waals surface area contributed by atoms with E-state index >= 15 is 0 Å². The van der Waals surface area contributed by atoms with Gasteiger partial charge in [0.05, 0.1) is 11.8 Å². The number of hydrogen-bond donors (Lipinski definition) is 3. The summed E-state index contributed by atoms with van der Waals surface area (Å²) < 4.78 is 10.1. The summed E-state index contributed by atoms with van der Waals surface area (Å²) in [6.45, 7) is 0.750. The number of β-lactam (4-membered cyclic amide) rings is 1. The van der Waals surface area contributed by atoms with Gasteiger partial charge in [0.1, 0.15) is 17.7 Å². The van der Waals surface area contributed by atoms with Gasteiger partial charge in [-0.05, 0) is 0 Å². The van der Waals surface area contributed by atoms with Crippen LogP contribution in [0.3, 0.4) is 0 Å². The topological polar surface area (TPSA) is 142 Å². The lowest BCUT2D eigenvalue weighted by molar-refractivity contribution is -0.146. The molecule has 3 heterocycles. The first-order valence-corrected chi connectivity index (χ1v) is 10.6. The van der Waals surface area contributed by atoms with Crippen LogP contribution >= 0.6 is 35.3 Å². The maximum Gasteiger partial charge on any atom is 0.405 e. The van der Waals surface area contributed by atoms with Crippen molar-refractivity contribution in [1.82, 2.24) is 10.2 Å². The molecule has 150 valence electrons. The molecule has 2 atom stereocenters. The molecule has 3 N–H and O–H groups in total. The molecule has 2 saturated heterocycles. The van der Waals surface area contributed by atoms with E-state index in [0.29, 0.717) is 4.77 Å². The van der Waals surface area contributed by atoms with Gasteiger partial charge in [-0.25, -0.2) is 9.59 Å². The van der Waals surface area contributed by atoms with Crippen LogP contribution in [0.5, 0.6) is 0 Å². The lowest BCUT2D eigenvalue weighted by Crippen LogP contribution is -2.57. The molecule has 0 spiro atoms. The third-order valence-corrected chi connectivity index (χ3v) is 7.75. The number of methoxy groups -OCH3 is 1. The van der Waals surface area contributed by atoms with Crippen LogP contribution in [0, 0.1) is 0 Å². The van der Waals surface area contributed by atoms with E-state index in [1.807, 2.05) is 23.5 Å². The highest BCUT2D eigenvalue weighted by Crippen LogP contribution is 2.43. The van der Waals surface area contributed by atoms with Crippen molar-refractivity contribution >= 4 is 59.2 Å². The minimum absolute atomic E-state index is 0.0365. The van der Waals surface area contributed by atoms with E-state index in [-0.39, 0.29) is 23.6 Å². The molecule has 0 aromatic heterocycles. The van der Waals surface area contributed by atoms with Crippen LogP contribution in [-0.4, -0.2) is 73.4 Å². The number of fused-ring (bicyclic) bond motifs is 1. The predicted molar refractivity (Wildman–Crippen MR) is 99.9 cm³/mol. The van der Waals surface area contributed by atoms with Crippen LogP contribution in [0.25, 0.3) is 0 Å². The molecule has 27 heavy (non-hydrogen) atoms. The molecule has 0 aromatic rings. The van der Waals surface area contributed by atoms with E-state index in [4.69, 9.17) is 14.6 Å². The molecule has 0 aromatic carbocycles. The molecule has 0 aliphatic carbocycles. The summed E-state index contributed by atoms with van der Waals surface area (Å²) in [6, 6.07) is 0. The highest BCUT2D eigenvalue weighted by molar-refractivity contribution is 8.32. The SMILES string of the molecule is CC(=O)OCC1=C(C(=O)O)N2C(=O)C[C@H]2SC1NC(=O)O.COC1SCS1. The molecule has 2 fully saturated rings. The Morgan fingerprint density at radius 3 is 2.33 bits per heavy atom. The van der Waals surface area contributed by atoms with Crippen molar-refractivity contribution in [2.75, 3.05) is 18.8 Å². The zero-order valence-corrected chi connectivity index (χ0v) is 16.8. The van der Waals surface area contributed by atoms with Crippen molar-refractivity contribution in [3.05, 3.63) is 11.3 Å². The summed E-state index contributed by atoms with van der Waals surface area (Å²) in [5, 5.41) is 20.2. The molecular weight excluding hydrogens is 420 g/mol. The summed E-state index contributed by atoms with van der Waals surface area (Å²) in [7, 11) is 1.74. The van der Waals surface area contributed by atoms with E-state index in [2.05, 4.69) is 5.32 Å². The number of aliphatic carboxylic acids is 1. The molecule has 3 rings (SSSR count). The van der Waals surface area contributed by atoms with Crippen LogP contribution in [0.1, 0.15) is 13.3 Å². The summed E-state index contributed by atoms with van der Waals surface area (Å²) in [4.78, 5) is 45.8. The molecular formula is C14H18N2O8S3. The zero-order chi connectivity index (χ0) is 20.1. The lowest BCUT2D eigenvalue weighted by Gasteiger charge is -2.46. The lowest BCUT2D eigenvalue weighted by atomic mass is 10.1. The fraction of sp³-hybridized carbons (Fsp3) is 0.571. The van der Waals surface area contributed by atoms with E-state index in [0.717, 1.165) is 23.6 Å². The number of carboxylic acid groups (broad SMARTS) is 2. The Labute approximate surface area is 167 Å². The van der Waals surface area contributed by atoms with Gasteiger partial charge in [0.15, 0.2) is 4.77 Å². The molecule has 3 aliphatic rings. The number of ether oxygens (including phenoxy) is 2. The minimum atomic E-state index is -1.37. The molecule has 2 amide bonds. The number of carboxylic acids is 1. The van der Waals surface area contributed by atoms with E-state index in [9.17, 15) is 24.3 Å². The Morgan fingerprint density at radius 1 is 1.30 bits per heavy atom. The number of carbonyl (C=O) groups is 4. The van der Waals surface area contributed by atoms with Crippen molar-refractivity contribution in [3.63, 3.8) is 0 Å². The third-order valence-electron chi connectivity index (χ3n) is 3.55. The number of hydrogen-bond acceptors (Lipinski definition) is 9. The van der Waals surface area contributed by atoms with Crippen LogP contribution in [0.4, 0.5) is 4.79 Å². The van der Waals surface area contributed by atoms with Crippen molar-refractivity contribution in [2.45, 2.75) is 28.9 Å². The van der Waals surface area contributed by atoms with Crippen LogP contribution in [0.2, 0.25) is 0 Å². The average molecular weight is 439 g/mol. The van der Waals surface area contributed by atoms with Gasteiger partial charge in [0.2, 0.25) is 5.91 Å². The van der Waals surface area contributed by atoms with Crippen molar-refractivity contribution in [1.29, 1.82) is 0 Å². The van der Waals surface area contributed by atoms with Crippen LogP contribution in [-0.2, 0) is 23.9 Å². The first kappa shape index (κ1) is 21.7. The standard InChI is InChI=1S/C11H12N2O7S.C3H6OS2/c1-4(14)20-3-5-8(10(16)17)13-6(15)2-7(13)21-9(5)12-11(18)19;1-4-3-5-2-6-3/h7,9,12H,2-3H2,1H3,(H,16,17)(H,18,19);3H,2H2,1H3/t7-,9?;/m1./s1. The number of nitrogens with one attached hydrogen (secondary N) is 1. The number of rotatable bonds is 5. The normalized spacial score (nSPS) is 23.9. The van der Waals surface area contributed by atoms with E-state index in [1.165, 1.54) is 5.08 Å². The predicted octanol–water partition coefficient (Wildman–Crippen LogP) is 1.14. The molecule has 0 bridgehead atoms. The number of thioether (sulfide) groups is 3. The Bertz CT molecular complexity index is 664. The third kappa shape index (κ3) is 5.46. The maximum absolute atomic E-state index is 11.6. The summed E-state index contributed by atoms with van der Waals surface area (Å²) in [5.74, 6) is -2.37. The maximum atomic E-state index is 11.6. The molecule has 10 nitrogen and oxygen atoms in total. The monoisotopic (exact) mass is 438 g/mol. The van der Waals surface area contributed by atoms with Gasteiger partial charge in [-0.3, -0.25) is 14.5 Å². The molecule has 13 heteroatoms. The summed E-state index contributed by atoms with van der Waals surface area (Å²) in [6.07, 6.45) is -1.20. The average Bonchev–Trinajstić information content (AvgIpc) is 2.51. The molecule has 1 unspecified atom stereocenters. The smallest absolute Gasteiger partial charge is 0.405 e. The van der Waals surface area contributed by atoms with Crippen molar-refractivity contribution in [2.24, 2.45) is 0 Å². The summed E-state index contributed by atoms with van der Waals surface area (Å²) >= 11 is 4.79. The number of amides is 2. The van der Waals surface area contributed by atoms with Gasteiger partial charge in [-0.15, -0.1) is 35.3 Å². The Hall–Kier alpha value is -1.57.